The smallest absolute Gasteiger partial charge is 0.308 e. The molecule has 0 saturated heterocycles. The van der Waals surface area contributed by atoms with E-state index in [1.807, 2.05) is 18.2 Å². The summed E-state index contributed by atoms with van der Waals surface area (Å²) in [6.45, 7) is 4.80. The summed E-state index contributed by atoms with van der Waals surface area (Å²) in [6.07, 6.45) is 1.36. The topological polar surface area (TPSA) is 68.0 Å². The van der Waals surface area contributed by atoms with E-state index in [2.05, 4.69) is 29.4 Å². The van der Waals surface area contributed by atoms with Crippen molar-refractivity contribution in [3.63, 3.8) is 0 Å². The van der Waals surface area contributed by atoms with Gasteiger partial charge in [0.1, 0.15) is 0 Å². The summed E-state index contributed by atoms with van der Waals surface area (Å²) in [7, 11) is 0. The van der Waals surface area contributed by atoms with E-state index >= 15 is 0 Å². The molecule has 0 saturated carbocycles. The van der Waals surface area contributed by atoms with E-state index in [0.29, 0.717) is 29.8 Å². The monoisotopic (exact) mass is 307 g/mol. The van der Waals surface area contributed by atoms with Gasteiger partial charge in [0, 0.05) is 11.6 Å². The lowest BCUT2D eigenvalue weighted by molar-refractivity contribution is 0.0915. The van der Waals surface area contributed by atoms with E-state index in [-0.39, 0.29) is 11.8 Å². The van der Waals surface area contributed by atoms with Gasteiger partial charge in [-0.1, -0.05) is 37.6 Å². The largest absolute Gasteiger partial charge is 0.417 e. The van der Waals surface area contributed by atoms with E-state index in [1.54, 1.807) is 6.07 Å². The molecule has 1 aromatic carbocycles. The average Bonchev–Trinajstić information content (AvgIpc) is 2.87. The normalized spacial score (nSPS) is 10.9. The Morgan fingerprint density at radius 1 is 1.38 bits per heavy atom. The molecular formula is C15H18ClN3O2. The van der Waals surface area contributed by atoms with Gasteiger partial charge in [-0.3, -0.25) is 4.79 Å². The number of amides is 1. The molecule has 0 atom stereocenters. The minimum absolute atomic E-state index is 0.00390. The van der Waals surface area contributed by atoms with Crippen molar-refractivity contribution in [3.05, 3.63) is 46.6 Å². The molecule has 0 unspecified atom stereocenters. The highest BCUT2D eigenvalue weighted by Gasteiger charge is 2.14. The molecule has 2 aromatic rings. The molecule has 2 rings (SSSR count). The third-order valence-corrected chi connectivity index (χ3v) is 3.15. The Balaban J connectivity index is 1.93. The van der Waals surface area contributed by atoms with Crippen molar-refractivity contribution in [2.75, 3.05) is 6.54 Å². The molecule has 21 heavy (non-hydrogen) atoms. The Bertz CT molecular complexity index is 610. The predicted molar refractivity (Wildman–Crippen MR) is 80.3 cm³/mol. The van der Waals surface area contributed by atoms with Crippen LogP contribution in [0.15, 0.2) is 28.7 Å². The van der Waals surface area contributed by atoms with Crippen LogP contribution in [0.4, 0.5) is 0 Å². The van der Waals surface area contributed by atoms with Crippen molar-refractivity contribution < 1.29 is 9.21 Å². The number of carbonyl (C=O) groups excluding carboxylic acids is 1. The number of benzene rings is 1. The quantitative estimate of drug-likeness (QED) is 0.890. The summed E-state index contributed by atoms with van der Waals surface area (Å²) >= 11 is 5.92. The Morgan fingerprint density at radius 2 is 2.19 bits per heavy atom. The van der Waals surface area contributed by atoms with Crippen LogP contribution in [0.2, 0.25) is 5.02 Å². The number of carbonyl (C=O) groups is 1. The van der Waals surface area contributed by atoms with Crippen molar-refractivity contribution >= 4 is 17.5 Å². The zero-order valence-electron chi connectivity index (χ0n) is 12.1. The molecule has 0 aliphatic heterocycles. The minimum atomic E-state index is -0.333. The van der Waals surface area contributed by atoms with Crippen LogP contribution in [0.1, 0.15) is 42.4 Å². The molecule has 6 heteroatoms. The first-order chi connectivity index (χ1) is 10.0. The lowest BCUT2D eigenvalue weighted by Gasteiger charge is -2.04. The van der Waals surface area contributed by atoms with Gasteiger partial charge in [-0.05, 0) is 30.0 Å². The van der Waals surface area contributed by atoms with Crippen LogP contribution in [-0.2, 0) is 6.42 Å². The Kier molecular flexibility index (Phi) is 5.33. The Morgan fingerprint density at radius 3 is 2.90 bits per heavy atom. The molecular weight excluding hydrogens is 290 g/mol. The van der Waals surface area contributed by atoms with Crippen molar-refractivity contribution in [3.8, 4) is 0 Å². The molecule has 0 aliphatic carbocycles. The van der Waals surface area contributed by atoms with Crippen LogP contribution in [-0.4, -0.2) is 22.6 Å². The van der Waals surface area contributed by atoms with Crippen molar-refractivity contribution in [2.45, 2.75) is 26.7 Å². The standard InChI is InChI=1S/C15H18ClN3O2/c1-10(2)6-7-17-14(20)15-19-18-13(21-15)9-11-4-3-5-12(16)8-11/h3-5,8,10H,6-7,9H2,1-2H3,(H,17,20). The molecule has 5 nitrogen and oxygen atoms in total. The number of halogens is 1. The van der Waals surface area contributed by atoms with Crippen LogP contribution in [0.25, 0.3) is 0 Å². The zero-order chi connectivity index (χ0) is 15.2. The maximum Gasteiger partial charge on any atom is 0.308 e. The van der Waals surface area contributed by atoms with Gasteiger partial charge in [-0.2, -0.15) is 0 Å². The fourth-order valence-electron chi connectivity index (χ4n) is 1.79. The highest BCUT2D eigenvalue weighted by Crippen LogP contribution is 2.14. The van der Waals surface area contributed by atoms with Gasteiger partial charge in [-0.25, -0.2) is 0 Å². The molecule has 0 aliphatic rings. The summed E-state index contributed by atoms with van der Waals surface area (Å²) in [5, 5.41) is 11.1. The fraction of sp³-hybridized carbons (Fsp3) is 0.400. The maximum atomic E-state index is 11.8. The number of rotatable bonds is 6. The summed E-state index contributed by atoms with van der Waals surface area (Å²) in [6, 6.07) is 7.40. The predicted octanol–water partition coefficient (Wildman–Crippen LogP) is 3.09. The van der Waals surface area contributed by atoms with Crippen molar-refractivity contribution in [1.82, 2.24) is 15.5 Å². The SMILES string of the molecule is CC(C)CCNC(=O)c1nnc(Cc2cccc(Cl)c2)o1. The van der Waals surface area contributed by atoms with Crippen LogP contribution >= 0.6 is 11.6 Å². The van der Waals surface area contributed by atoms with E-state index in [9.17, 15) is 4.79 Å². The molecule has 0 bridgehead atoms. The van der Waals surface area contributed by atoms with Gasteiger partial charge in [0.25, 0.3) is 0 Å². The second-order valence-corrected chi connectivity index (χ2v) is 5.68. The van der Waals surface area contributed by atoms with E-state index in [0.717, 1.165) is 12.0 Å². The number of nitrogens with one attached hydrogen (secondary N) is 1. The van der Waals surface area contributed by atoms with Gasteiger partial charge in [-0.15, -0.1) is 10.2 Å². The number of nitrogens with zero attached hydrogens (tertiary/aromatic N) is 2. The zero-order valence-corrected chi connectivity index (χ0v) is 12.9. The van der Waals surface area contributed by atoms with Gasteiger partial charge in [0.2, 0.25) is 5.89 Å². The van der Waals surface area contributed by atoms with E-state index in [4.69, 9.17) is 16.0 Å². The summed E-state index contributed by atoms with van der Waals surface area (Å²) in [5.41, 5.74) is 0.956. The Hall–Kier alpha value is -1.88. The highest BCUT2D eigenvalue weighted by atomic mass is 35.5. The number of hydrogen-bond donors (Lipinski definition) is 1. The van der Waals surface area contributed by atoms with Crippen molar-refractivity contribution in [1.29, 1.82) is 0 Å². The molecule has 0 spiro atoms. The van der Waals surface area contributed by atoms with Gasteiger partial charge in [0.05, 0.1) is 6.42 Å². The minimum Gasteiger partial charge on any atom is -0.417 e. The first-order valence-corrected chi connectivity index (χ1v) is 7.27. The van der Waals surface area contributed by atoms with Crippen LogP contribution in [0.5, 0.6) is 0 Å². The second-order valence-electron chi connectivity index (χ2n) is 5.25. The van der Waals surface area contributed by atoms with Crippen molar-refractivity contribution in [2.24, 2.45) is 5.92 Å². The molecule has 1 heterocycles. The Labute approximate surface area is 128 Å². The highest BCUT2D eigenvalue weighted by molar-refractivity contribution is 6.30. The lowest BCUT2D eigenvalue weighted by Crippen LogP contribution is -2.25. The average molecular weight is 308 g/mol. The molecule has 1 N–H and O–H groups in total. The van der Waals surface area contributed by atoms with Gasteiger partial charge < -0.3 is 9.73 Å². The lowest BCUT2D eigenvalue weighted by atomic mass is 10.1. The molecule has 1 amide bonds. The first kappa shape index (κ1) is 15.5. The third-order valence-electron chi connectivity index (χ3n) is 2.91. The molecule has 0 fully saturated rings. The van der Waals surface area contributed by atoms with Gasteiger partial charge in [0.15, 0.2) is 0 Å². The second kappa shape index (κ2) is 7.22. The maximum absolute atomic E-state index is 11.8. The van der Waals surface area contributed by atoms with E-state index < -0.39 is 0 Å². The van der Waals surface area contributed by atoms with Gasteiger partial charge >= 0.3 is 11.8 Å². The third kappa shape index (κ3) is 4.86. The fourth-order valence-corrected chi connectivity index (χ4v) is 2.00. The van der Waals surface area contributed by atoms with Crippen LogP contribution in [0, 0.1) is 5.92 Å². The molecule has 112 valence electrons. The van der Waals surface area contributed by atoms with Crippen LogP contribution in [0.3, 0.4) is 0 Å². The summed E-state index contributed by atoms with van der Waals surface area (Å²) in [5.74, 6) is 0.592. The molecule has 1 aromatic heterocycles. The first-order valence-electron chi connectivity index (χ1n) is 6.89. The van der Waals surface area contributed by atoms with E-state index in [1.165, 1.54) is 0 Å². The van der Waals surface area contributed by atoms with Crippen LogP contribution < -0.4 is 5.32 Å². The number of hydrogen-bond acceptors (Lipinski definition) is 4. The molecule has 0 radical (unpaired) electrons. The number of aromatic nitrogens is 2. The summed E-state index contributed by atoms with van der Waals surface area (Å²) in [4.78, 5) is 11.8. The summed E-state index contributed by atoms with van der Waals surface area (Å²) < 4.78 is 5.37.